The highest BCUT2D eigenvalue weighted by atomic mass is 35.5. The Morgan fingerprint density at radius 1 is 0.967 bits per heavy atom. The summed E-state index contributed by atoms with van der Waals surface area (Å²) in [5.74, 6) is 1.61. The number of nitrogens with one attached hydrogen (secondary N) is 1. The molecule has 0 bridgehead atoms. The van der Waals surface area contributed by atoms with Crippen molar-refractivity contribution in [1.29, 1.82) is 0 Å². The second kappa shape index (κ2) is 9.00. The number of carbonyl (C=O) groups excluding carboxylic acids is 1. The van der Waals surface area contributed by atoms with Gasteiger partial charge in [-0.1, -0.05) is 23.7 Å². The number of para-hydroxylation sites is 1. The van der Waals surface area contributed by atoms with Crippen molar-refractivity contribution in [2.75, 3.05) is 43.5 Å². The number of carbonyl (C=O) groups is 1. The molecule has 1 fully saturated rings. The standard InChI is InChI=1S/C22H22ClN5O2/c1-30-17-8-6-16(7-9-17)19-10-11-21(26-25-19)27-12-14-28(15-13-27)22(29)24-20-5-3-2-4-18(20)23/h2-11H,12-15H2,1H3,(H,24,29). The third-order valence-electron chi connectivity index (χ3n) is 5.04. The maximum atomic E-state index is 12.5. The largest absolute Gasteiger partial charge is 0.497 e. The van der Waals surface area contributed by atoms with Crippen molar-refractivity contribution in [2.24, 2.45) is 0 Å². The van der Waals surface area contributed by atoms with Crippen LogP contribution >= 0.6 is 11.6 Å². The van der Waals surface area contributed by atoms with Crippen LogP contribution < -0.4 is 15.0 Å². The van der Waals surface area contributed by atoms with Gasteiger partial charge in [-0.3, -0.25) is 0 Å². The minimum Gasteiger partial charge on any atom is -0.497 e. The number of ether oxygens (including phenoxy) is 1. The van der Waals surface area contributed by atoms with Crippen molar-refractivity contribution in [3.05, 3.63) is 65.7 Å². The monoisotopic (exact) mass is 423 g/mol. The molecule has 1 saturated heterocycles. The summed E-state index contributed by atoms with van der Waals surface area (Å²) in [4.78, 5) is 16.4. The fourth-order valence-electron chi connectivity index (χ4n) is 3.31. The highest BCUT2D eigenvalue weighted by Gasteiger charge is 2.22. The molecule has 7 nitrogen and oxygen atoms in total. The van der Waals surface area contributed by atoms with Gasteiger partial charge in [0.05, 0.1) is 23.5 Å². The van der Waals surface area contributed by atoms with Gasteiger partial charge in [0, 0.05) is 31.7 Å². The highest BCUT2D eigenvalue weighted by Crippen LogP contribution is 2.23. The van der Waals surface area contributed by atoms with Crippen molar-refractivity contribution in [3.8, 4) is 17.0 Å². The Morgan fingerprint density at radius 3 is 2.33 bits per heavy atom. The number of hydrogen-bond acceptors (Lipinski definition) is 5. The number of benzene rings is 2. The summed E-state index contributed by atoms with van der Waals surface area (Å²) >= 11 is 6.12. The van der Waals surface area contributed by atoms with Crippen LogP contribution in [0.2, 0.25) is 5.02 Å². The van der Waals surface area contributed by atoms with Crippen molar-refractivity contribution in [1.82, 2.24) is 15.1 Å². The molecule has 2 aromatic carbocycles. The van der Waals surface area contributed by atoms with Crippen LogP contribution in [-0.2, 0) is 0 Å². The molecule has 2 heterocycles. The van der Waals surface area contributed by atoms with Crippen LogP contribution in [-0.4, -0.2) is 54.4 Å². The van der Waals surface area contributed by atoms with Crippen molar-refractivity contribution in [3.63, 3.8) is 0 Å². The Kier molecular flexibility index (Phi) is 5.99. The summed E-state index contributed by atoms with van der Waals surface area (Å²) in [6.07, 6.45) is 0. The van der Waals surface area contributed by atoms with Gasteiger partial charge in [0.15, 0.2) is 5.82 Å². The summed E-state index contributed by atoms with van der Waals surface area (Å²) in [5.41, 5.74) is 2.40. The topological polar surface area (TPSA) is 70.6 Å². The molecule has 154 valence electrons. The Bertz CT molecular complexity index is 1000. The summed E-state index contributed by atoms with van der Waals surface area (Å²) < 4.78 is 5.19. The van der Waals surface area contributed by atoms with Crippen LogP contribution in [0.25, 0.3) is 11.3 Å². The van der Waals surface area contributed by atoms with E-state index in [1.807, 2.05) is 48.5 Å². The fourth-order valence-corrected chi connectivity index (χ4v) is 3.49. The number of urea groups is 1. The van der Waals surface area contributed by atoms with E-state index >= 15 is 0 Å². The zero-order valence-corrected chi connectivity index (χ0v) is 17.3. The predicted octanol–water partition coefficient (Wildman–Crippen LogP) is 4.16. The second-order valence-electron chi connectivity index (χ2n) is 6.89. The number of piperazine rings is 1. The Labute approximate surface area is 180 Å². The van der Waals surface area contributed by atoms with E-state index in [0.717, 1.165) is 22.8 Å². The van der Waals surface area contributed by atoms with Crippen molar-refractivity contribution < 1.29 is 9.53 Å². The lowest BCUT2D eigenvalue weighted by molar-refractivity contribution is 0.208. The number of halogens is 1. The van der Waals surface area contributed by atoms with Crippen LogP contribution in [0.5, 0.6) is 5.75 Å². The minimum absolute atomic E-state index is 0.149. The highest BCUT2D eigenvalue weighted by molar-refractivity contribution is 6.33. The molecule has 0 aliphatic carbocycles. The molecule has 30 heavy (non-hydrogen) atoms. The van der Waals surface area contributed by atoms with Gasteiger partial charge in [-0.25, -0.2) is 4.79 Å². The quantitative estimate of drug-likeness (QED) is 0.682. The number of hydrogen-bond donors (Lipinski definition) is 1. The first-order valence-corrected chi connectivity index (χ1v) is 10.1. The first-order valence-electron chi connectivity index (χ1n) is 9.67. The predicted molar refractivity (Wildman–Crippen MR) is 118 cm³/mol. The second-order valence-corrected chi connectivity index (χ2v) is 7.30. The SMILES string of the molecule is COc1ccc(-c2ccc(N3CCN(C(=O)Nc4ccccc4Cl)CC3)nn2)cc1. The number of amides is 2. The molecule has 1 aliphatic rings. The minimum atomic E-state index is -0.149. The molecule has 1 aliphatic heterocycles. The zero-order chi connectivity index (χ0) is 20.9. The Morgan fingerprint density at radius 2 is 1.70 bits per heavy atom. The number of rotatable bonds is 4. The van der Waals surface area contributed by atoms with Crippen molar-refractivity contribution in [2.45, 2.75) is 0 Å². The molecule has 0 radical (unpaired) electrons. The Hall–Kier alpha value is -3.32. The van der Waals surface area contributed by atoms with Gasteiger partial charge in [0.2, 0.25) is 0 Å². The number of nitrogens with zero attached hydrogens (tertiary/aromatic N) is 4. The molecule has 0 spiro atoms. The third-order valence-corrected chi connectivity index (χ3v) is 5.37. The van der Waals surface area contributed by atoms with Gasteiger partial charge in [-0.15, -0.1) is 10.2 Å². The van der Waals surface area contributed by atoms with Gasteiger partial charge < -0.3 is 19.9 Å². The van der Waals surface area contributed by atoms with E-state index in [0.29, 0.717) is 36.9 Å². The van der Waals surface area contributed by atoms with Gasteiger partial charge >= 0.3 is 6.03 Å². The van der Waals surface area contributed by atoms with Gasteiger partial charge in [-0.2, -0.15) is 0 Å². The summed E-state index contributed by atoms with van der Waals surface area (Å²) in [7, 11) is 1.64. The third kappa shape index (κ3) is 4.46. The molecule has 1 N–H and O–H groups in total. The number of aromatic nitrogens is 2. The first kappa shape index (κ1) is 20.0. The average molecular weight is 424 g/mol. The molecule has 0 unspecified atom stereocenters. The fraction of sp³-hybridized carbons (Fsp3) is 0.227. The maximum Gasteiger partial charge on any atom is 0.322 e. The van der Waals surface area contributed by atoms with Crippen LogP contribution in [0.1, 0.15) is 0 Å². The molecule has 2 amide bonds. The van der Waals surface area contributed by atoms with E-state index < -0.39 is 0 Å². The van der Waals surface area contributed by atoms with Crippen LogP contribution in [0.3, 0.4) is 0 Å². The Balaban J connectivity index is 1.34. The average Bonchev–Trinajstić information content (AvgIpc) is 2.81. The molecule has 4 rings (SSSR count). The van der Waals surface area contributed by atoms with Crippen LogP contribution in [0.15, 0.2) is 60.7 Å². The van der Waals surface area contributed by atoms with Crippen molar-refractivity contribution >= 4 is 29.1 Å². The lowest BCUT2D eigenvalue weighted by atomic mass is 10.1. The lowest BCUT2D eigenvalue weighted by Gasteiger charge is -2.35. The van der Waals surface area contributed by atoms with E-state index in [4.69, 9.17) is 16.3 Å². The molecule has 3 aromatic rings. The van der Waals surface area contributed by atoms with E-state index in [1.54, 1.807) is 24.1 Å². The van der Waals surface area contributed by atoms with E-state index in [9.17, 15) is 4.79 Å². The van der Waals surface area contributed by atoms with Gasteiger partial charge in [-0.05, 0) is 48.5 Å². The summed E-state index contributed by atoms with van der Waals surface area (Å²) in [6, 6.07) is 18.7. The van der Waals surface area contributed by atoms with Crippen LogP contribution in [0, 0.1) is 0 Å². The molecule has 0 saturated carbocycles. The van der Waals surface area contributed by atoms with Gasteiger partial charge in [0.1, 0.15) is 5.75 Å². The lowest BCUT2D eigenvalue weighted by Crippen LogP contribution is -2.50. The smallest absolute Gasteiger partial charge is 0.322 e. The molecule has 1 aromatic heterocycles. The van der Waals surface area contributed by atoms with E-state index in [-0.39, 0.29) is 6.03 Å². The van der Waals surface area contributed by atoms with E-state index in [2.05, 4.69) is 20.4 Å². The molecular weight excluding hydrogens is 402 g/mol. The van der Waals surface area contributed by atoms with Gasteiger partial charge in [0.25, 0.3) is 0 Å². The number of methoxy groups -OCH3 is 1. The van der Waals surface area contributed by atoms with Crippen LogP contribution in [0.4, 0.5) is 16.3 Å². The molecule has 0 atom stereocenters. The maximum absolute atomic E-state index is 12.5. The summed E-state index contributed by atoms with van der Waals surface area (Å²) in [6.45, 7) is 2.56. The normalized spacial score (nSPS) is 13.8. The van der Waals surface area contributed by atoms with E-state index in [1.165, 1.54) is 0 Å². The zero-order valence-electron chi connectivity index (χ0n) is 16.6. The number of anilines is 2. The first-order chi connectivity index (χ1) is 14.6. The molecule has 8 heteroatoms. The molecular formula is C22H22ClN5O2. The summed E-state index contributed by atoms with van der Waals surface area (Å²) in [5, 5.41) is 12.1.